The van der Waals surface area contributed by atoms with Crippen LogP contribution in [0.25, 0.3) is 0 Å². The molecule has 1 atom stereocenters. The van der Waals surface area contributed by atoms with Crippen LogP contribution in [0.15, 0.2) is 24.3 Å². The topological polar surface area (TPSA) is 82.0 Å². The van der Waals surface area contributed by atoms with Gasteiger partial charge < -0.3 is 5.32 Å². The first-order chi connectivity index (χ1) is 10.1. The number of hydrogen-bond donors (Lipinski definition) is 2. The van der Waals surface area contributed by atoms with E-state index in [0.717, 1.165) is 19.5 Å². The normalized spacial score (nSPS) is 18.2. The van der Waals surface area contributed by atoms with E-state index in [-0.39, 0.29) is 18.2 Å². The monoisotopic (exact) mass is 343 g/mol. The highest BCUT2D eigenvalue weighted by Crippen LogP contribution is 2.13. The van der Waals surface area contributed by atoms with E-state index >= 15 is 0 Å². The van der Waals surface area contributed by atoms with Crippen LogP contribution in [0.3, 0.4) is 0 Å². The van der Waals surface area contributed by atoms with Crippen molar-refractivity contribution in [2.75, 3.05) is 19.6 Å². The number of nitriles is 1. The minimum absolute atomic E-state index is 0. The molecule has 0 amide bonds. The molecule has 0 aromatic heterocycles. The summed E-state index contributed by atoms with van der Waals surface area (Å²) in [5.74, 6) is 0.481. The van der Waals surface area contributed by atoms with E-state index in [2.05, 4.69) is 10.0 Å². The molecule has 0 saturated carbocycles. The third kappa shape index (κ3) is 6.32. The summed E-state index contributed by atoms with van der Waals surface area (Å²) >= 11 is 0. The molecular formula is C15H22ClN3O2S. The average Bonchev–Trinajstić information content (AvgIpc) is 2.48. The standard InChI is InChI=1S/C15H21N3O2S.ClH/c16-10-14-3-1-4-15(9-14)12-21(19,20)18-8-6-13-5-2-7-17-11-13;/h1,3-4,9,13,17-18H,2,5-8,11-12H2;1H. The zero-order chi connectivity index (χ0) is 15.1. The molecule has 1 unspecified atom stereocenters. The Balaban J connectivity index is 0.00000242. The van der Waals surface area contributed by atoms with E-state index < -0.39 is 10.0 Å². The number of hydrogen-bond acceptors (Lipinski definition) is 4. The zero-order valence-electron chi connectivity index (χ0n) is 12.4. The molecule has 2 rings (SSSR count). The second-order valence-corrected chi connectivity index (χ2v) is 7.27. The fourth-order valence-electron chi connectivity index (χ4n) is 2.59. The summed E-state index contributed by atoms with van der Waals surface area (Å²) in [5, 5.41) is 12.2. The van der Waals surface area contributed by atoms with Crippen LogP contribution in [-0.2, 0) is 15.8 Å². The van der Waals surface area contributed by atoms with Gasteiger partial charge in [0.15, 0.2) is 0 Å². The van der Waals surface area contributed by atoms with Gasteiger partial charge in [-0.3, -0.25) is 0 Å². The highest BCUT2D eigenvalue weighted by Gasteiger charge is 2.15. The molecule has 1 aromatic carbocycles. The number of nitrogens with one attached hydrogen (secondary N) is 2. The molecule has 0 bridgehead atoms. The van der Waals surface area contributed by atoms with E-state index in [1.54, 1.807) is 24.3 Å². The van der Waals surface area contributed by atoms with Crippen LogP contribution >= 0.6 is 12.4 Å². The van der Waals surface area contributed by atoms with Gasteiger partial charge in [0.2, 0.25) is 10.0 Å². The molecule has 1 aliphatic rings. The molecule has 0 radical (unpaired) electrons. The number of benzene rings is 1. The SMILES string of the molecule is Cl.N#Cc1cccc(CS(=O)(=O)NCCC2CCCNC2)c1. The maximum Gasteiger partial charge on any atom is 0.215 e. The van der Waals surface area contributed by atoms with Crippen molar-refractivity contribution in [1.29, 1.82) is 5.26 Å². The van der Waals surface area contributed by atoms with Gasteiger partial charge in [0, 0.05) is 6.54 Å². The minimum Gasteiger partial charge on any atom is -0.316 e. The summed E-state index contributed by atoms with van der Waals surface area (Å²) in [4.78, 5) is 0. The smallest absolute Gasteiger partial charge is 0.215 e. The Morgan fingerprint density at radius 2 is 2.23 bits per heavy atom. The molecule has 5 nitrogen and oxygen atoms in total. The second-order valence-electron chi connectivity index (χ2n) is 5.47. The average molecular weight is 344 g/mol. The summed E-state index contributed by atoms with van der Waals surface area (Å²) in [7, 11) is -3.34. The molecule has 0 spiro atoms. The molecule has 22 heavy (non-hydrogen) atoms. The van der Waals surface area contributed by atoms with Gasteiger partial charge >= 0.3 is 0 Å². The van der Waals surface area contributed by atoms with Crippen molar-refractivity contribution in [3.8, 4) is 6.07 Å². The van der Waals surface area contributed by atoms with Gasteiger partial charge in [0.1, 0.15) is 0 Å². The summed E-state index contributed by atoms with van der Waals surface area (Å²) in [6.45, 7) is 2.52. The lowest BCUT2D eigenvalue weighted by Crippen LogP contribution is -2.33. The van der Waals surface area contributed by atoms with Gasteiger partial charge in [0.25, 0.3) is 0 Å². The van der Waals surface area contributed by atoms with Crippen molar-refractivity contribution in [3.05, 3.63) is 35.4 Å². The van der Waals surface area contributed by atoms with Crippen LogP contribution in [0.2, 0.25) is 0 Å². The molecule has 0 aliphatic carbocycles. The zero-order valence-corrected chi connectivity index (χ0v) is 14.0. The molecular weight excluding hydrogens is 322 g/mol. The number of nitrogens with zero attached hydrogens (tertiary/aromatic N) is 1. The van der Waals surface area contributed by atoms with Crippen molar-refractivity contribution in [2.24, 2.45) is 5.92 Å². The maximum atomic E-state index is 12.0. The molecule has 1 aromatic rings. The molecule has 2 N–H and O–H groups in total. The molecule has 122 valence electrons. The molecule has 1 saturated heterocycles. The van der Waals surface area contributed by atoms with Gasteiger partial charge in [0.05, 0.1) is 17.4 Å². The number of rotatable bonds is 6. The Labute approximate surface area is 138 Å². The lowest BCUT2D eigenvalue weighted by Gasteiger charge is -2.22. The van der Waals surface area contributed by atoms with Gasteiger partial charge in [-0.2, -0.15) is 5.26 Å². The summed E-state index contributed by atoms with van der Waals surface area (Å²) in [5.41, 5.74) is 1.12. The second kappa shape index (κ2) is 9.11. The number of halogens is 1. The quantitative estimate of drug-likeness (QED) is 0.825. The Kier molecular flexibility index (Phi) is 7.83. The van der Waals surface area contributed by atoms with Crippen LogP contribution in [0.5, 0.6) is 0 Å². The van der Waals surface area contributed by atoms with Gasteiger partial charge in [-0.05, 0) is 56.0 Å². The van der Waals surface area contributed by atoms with Crippen LogP contribution in [0.1, 0.15) is 30.4 Å². The lowest BCUT2D eigenvalue weighted by molar-refractivity contribution is 0.358. The highest BCUT2D eigenvalue weighted by molar-refractivity contribution is 7.88. The first-order valence-electron chi connectivity index (χ1n) is 7.26. The van der Waals surface area contributed by atoms with E-state index in [1.165, 1.54) is 12.8 Å². The highest BCUT2D eigenvalue weighted by atomic mass is 35.5. The van der Waals surface area contributed by atoms with Gasteiger partial charge in [-0.15, -0.1) is 12.4 Å². The summed E-state index contributed by atoms with van der Waals surface area (Å²) in [6, 6.07) is 8.73. The molecule has 1 fully saturated rings. The molecule has 1 aliphatic heterocycles. The van der Waals surface area contributed by atoms with E-state index in [1.807, 2.05) is 6.07 Å². The van der Waals surface area contributed by atoms with Crippen LogP contribution < -0.4 is 10.0 Å². The van der Waals surface area contributed by atoms with Gasteiger partial charge in [-0.25, -0.2) is 13.1 Å². The predicted octanol–water partition coefficient (Wildman–Crippen LogP) is 1.79. The summed E-state index contributed by atoms with van der Waals surface area (Å²) in [6.07, 6.45) is 3.20. The first kappa shape index (κ1) is 18.9. The molecule has 7 heteroatoms. The third-order valence-electron chi connectivity index (χ3n) is 3.69. The Morgan fingerprint density at radius 3 is 2.91 bits per heavy atom. The minimum atomic E-state index is -3.34. The first-order valence-corrected chi connectivity index (χ1v) is 8.91. The third-order valence-corrected chi connectivity index (χ3v) is 5.04. The van der Waals surface area contributed by atoms with Crippen molar-refractivity contribution in [1.82, 2.24) is 10.0 Å². The molecule has 1 heterocycles. The maximum absolute atomic E-state index is 12.0. The predicted molar refractivity (Wildman–Crippen MR) is 89.2 cm³/mol. The van der Waals surface area contributed by atoms with Crippen molar-refractivity contribution >= 4 is 22.4 Å². The number of piperidine rings is 1. The largest absolute Gasteiger partial charge is 0.316 e. The number of sulfonamides is 1. The Hall–Kier alpha value is -1.13. The van der Waals surface area contributed by atoms with Crippen LogP contribution in [0, 0.1) is 17.2 Å². The van der Waals surface area contributed by atoms with Crippen molar-refractivity contribution < 1.29 is 8.42 Å². The van der Waals surface area contributed by atoms with Gasteiger partial charge in [-0.1, -0.05) is 12.1 Å². The van der Waals surface area contributed by atoms with Crippen molar-refractivity contribution in [3.63, 3.8) is 0 Å². The Bertz CT molecular complexity index is 607. The van der Waals surface area contributed by atoms with Crippen LogP contribution in [0.4, 0.5) is 0 Å². The van der Waals surface area contributed by atoms with E-state index in [0.29, 0.717) is 23.6 Å². The van der Waals surface area contributed by atoms with Crippen molar-refractivity contribution in [2.45, 2.75) is 25.0 Å². The van der Waals surface area contributed by atoms with E-state index in [4.69, 9.17) is 5.26 Å². The van der Waals surface area contributed by atoms with Crippen LogP contribution in [-0.4, -0.2) is 28.1 Å². The fourth-order valence-corrected chi connectivity index (χ4v) is 3.74. The lowest BCUT2D eigenvalue weighted by atomic mass is 9.96. The summed E-state index contributed by atoms with van der Waals surface area (Å²) < 4.78 is 26.7. The Morgan fingerprint density at radius 1 is 1.41 bits per heavy atom. The fraction of sp³-hybridized carbons (Fsp3) is 0.533. The van der Waals surface area contributed by atoms with E-state index in [9.17, 15) is 8.42 Å².